The fourth-order valence-corrected chi connectivity index (χ4v) is 9.32. The molecular weight excluding hydrogens is 952 g/mol. The van der Waals surface area contributed by atoms with E-state index in [9.17, 15) is 28.9 Å². The van der Waals surface area contributed by atoms with Crippen LogP contribution in [0, 0.1) is 0 Å². The smallest absolute Gasteiger partial charge is 0.462 e. The average Bonchev–Trinajstić information content (AvgIpc) is 3.39. The molecule has 0 aromatic heterocycles. The quantitative estimate of drug-likeness (QED) is 0.0197. The first-order valence-corrected chi connectivity index (χ1v) is 32.0. The number of aliphatic hydroxyl groups is 1. The Hall–Kier alpha value is -2.56. The zero-order chi connectivity index (χ0) is 54.1. The van der Waals surface area contributed by atoms with Crippen molar-refractivity contribution >= 4 is 25.7 Å². The number of hydrogen-bond acceptors (Lipinski definition) is 10. The van der Waals surface area contributed by atoms with Crippen molar-refractivity contribution in [2.45, 2.75) is 303 Å². The van der Waals surface area contributed by atoms with Crippen LogP contribution in [-0.2, 0) is 42.2 Å². The number of esters is 3. The molecule has 0 radical (unpaired) electrons. The van der Waals surface area contributed by atoms with E-state index in [-0.39, 0.29) is 25.9 Å². The second-order valence-corrected chi connectivity index (χ2v) is 22.0. The van der Waals surface area contributed by atoms with Gasteiger partial charge in [0.05, 0.1) is 19.8 Å². The number of aliphatic hydroxyl groups excluding tert-OH is 1. The van der Waals surface area contributed by atoms with Gasteiger partial charge in [0.15, 0.2) is 6.10 Å². The minimum Gasteiger partial charge on any atom is -0.462 e. The van der Waals surface area contributed by atoms with Crippen LogP contribution in [0.15, 0.2) is 48.6 Å². The summed E-state index contributed by atoms with van der Waals surface area (Å²) in [6.07, 6.45) is 60.6. The monoisotopic (exact) mass is 1060 g/mol. The topological polar surface area (TPSA) is 155 Å². The van der Waals surface area contributed by atoms with Gasteiger partial charge in [-0.3, -0.25) is 23.4 Å². The fraction of sp³-hybridized carbons (Fsp3) is 0.823. The molecule has 0 aromatic carbocycles. The van der Waals surface area contributed by atoms with Gasteiger partial charge in [-0.2, -0.15) is 0 Å². The van der Waals surface area contributed by atoms with Crippen molar-refractivity contribution in [3.63, 3.8) is 0 Å². The van der Waals surface area contributed by atoms with Crippen LogP contribution in [0.1, 0.15) is 290 Å². The van der Waals surface area contributed by atoms with E-state index in [1.54, 1.807) is 0 Å². The summed E-state index contributed by atoms with van der Waals surface area (Å²) >= 11 is 0. The third kappa shape index (κ3) is 54.2. The molecule has 0 rings (SSSR count). The van der Waals surface area contributed by atoms with Gasteiger partial charge in [-0.15, -0.1) is 0 Å². The van der Waals surface area contributed by atoms with Crippen molar-refractivity contribution in [2.24, 2.45) is 0 Å². The first kappa shape index (κ1) is 71.4. The Balaban J connectivity index is 4.66. The SMILES string of the molecule is CCCCC/C=C\C/C=C\C/C=C\CCCCCCCCC(=O)OC(COC(=O)CCCCCCCCCCCCC)COP(=O)(O)OCC(CO)OC(=O)CCCCCCCCC/C=C\CCCCCCCC. The predicted octanol–water partition coefficient (Wildman–Crippen LogP) is 18.1. The van der Waals surface area contributed by atoms with Gasteiger partial charge in [0.1, 0.15) is 12.7 Å². The second kappa shape index (κ2) is 56.6. The lowest BCUT2D eigenvalue weighted by atomic mass is 10.1. The third-order valence-corrected chi connectivity index (χ3v) is 14.2. The zero-order valence-corrected chi connectivity index (χ0v) is 48.7. The molecule has 74 heavy (non-hydrogen) atoms. The minimum absolute atomic E-state index is 0.155. The van der Waals surface area contributed by atoms with Gasteiger partial charge in [0.25, 0.3) is 0 Å². The number of carbonyl (C=O) groups excluding carboxylic acids is 3. The van der Waals surface area contributed by atoms with E-state index in [1.165, 1.54) is 135 Å². The van der Waals surface area contributed by atoms with Crippen LogP contribution in [-0.4, -0.2) is 66.5 Å². The van der Waals surface area contributed by atoms with Crippen LogP contribution < -0.4 is 0 Å². The maximum absolute atomic E-state index is 12.9. The van der Waals surface area contributed by atoms with E-state index in [2.05, 4.69) is 69.4 Å². The summed E-state index contributed by atoms with van der Waals surface area (Å²) in [5.74, 6) is -1.47. The van der Waals surface area contributed by atoms with E-state index in [0.717, 1.165) is 96.3 Å². The standard InChI is InChI=1S/C62H113O11P/c1-4-7-10-13-16-19-22-24-26-28-29-31-33-35-38-41-44-47-50-53-62(66)73-59(55-69-60(64)51-48-45-42-39-36-21-18-15-12-9-6-3)57-71-74(67,68)70-56-58(54-63)72-61(65)52-49-46-43-40-37-34-32-30-27-25-23-20-17-14-11-8-5-2/h16,19,24-27,29,31,58-59,63H,4-15,17-18,20-23,28,30,32-57H2,1-3H3,(H,67,68)/b19-16-,26-24-,27-25-,31-29-. The number of phosphoric ester groups is 1. The third-order valence-electron chi connectivity index (χ3n) is 13.2. The van der Waals surface area contributed by atoms with Crippen LogP contribution in [0.5, 0.6) is 0 Å². The lowest BCUT2D eigenvalue weighted by Crippen LogP contribution is -2.30. The summed E-state index contributed by atoms with van der Waals surface area (Å²) in [6, 6.07) is 0. The Kier molecular flexibility index (Phi) is 54.7. The van der Waals surface area contributed by atoms with Crippen molar-refractivity contribution in [3.8, 4) is 0 Å². The van der Waals surface area contributed by atoms with E-state index in [4.69, 9.17) is 23.3 Å². The Bertz CT molecular complexity index is 1430. The first-order valence-electron chi connectivity index (χ1n) is 30.5. The van der Waals surface area contributed by atoms with Gasteiger partial charge in [-0.1, -0.05) is 236 Å². The predicted molar refractivity (Wildman–Crippen MR) is 307 cm³/mol. The Labute approximate surface area is 453 Å². The number of hydrogen-bond donors (Lipinski definition) is 2. The number of phosphoric acid groups is 1. The van der Waals surface area contributed by atoms with E-state index >= 15 is 0 Å². The highest BCUT2D eigenvalue weighted by atomic mass is 31.2. The summed E-state index contributed by atoms with van der Waals surface area (Å²) in [7, 11) is -4.75. The second-order valence-electron chi connectivity index (χ2n) is 20.5. The molecule has 0 amide bonds. The van der Waals surface area contributed by atoms with Gasteiger partial charge in [-0.05, 0) is 83.5 Å². The first-order chi connectivity index (χ1) is 36.2. The Morgan fingerprint density at radius 1 is 0.378 bits per heavy atom. The molecule has 0 aliphatic rings. The van der Waals surface area contributed by atoms with E-state index < -0.39 is 57.8 Å². The van der Waals surface area contributed by atoms with Crippen LogP contribution >= 0.6 is 7.82 Å². The maximum Gasteiger partial charge on any atom is 0.472 e. The van der Waals surface area contributed by atoms with Crippen LogP contribution in [0.3, 0.4) is 0 Å². The number of unbranched alkanes of at least 4 members (excludes halogenated alkanes) is 32. The molecule has 0 fully saturated rings. The molecule has 0 aliphatic carbocycles. The summed E-state index contributed by atoms with van der Waals surface area (Å²) in [5.41, 5.74) is 0. The molecule has 0 bridgehead atoms. The summed E-state index contributed by atoms with van der Waals surface area (Å²) in [6.45, 7) is 4.62. The van der Waals surface area contributed by atoms with Gasteiger partial charge in [-0.25, -0.2) is 4.57 Å². The number of allylic oxidation sites excluding steroid dienone is 8. The highest BCUT2D eigenvalue weighted by Gasteiger charge is 2.28. The lowest BCUT2D eigenvalue weighted by Gasteiger charge is -2.21. The molecule has 0 saturated carbocycles. The molecule has 3 atom stereocenters. The average molecular weight is 1070 g/mol. The minimum atomic E-state index is -4.75. The van der Waals surface area contributed by atoms with Crippen molar-refractivity contribution in [3.05, 3.63) is 48.6 Å². The molecule has 11 nitrogen and oxygen atoms in total. The highest BCUT2D eigenvalue weighted by molar-refractivity contribution is 7.47. The van der Waals surface area contributed by atoms with E-state index in [0.29, 0.717) is 19.3 Å². The van der Waals surface area contributed by atoms with Crippen LogP contribution in [0.2, 0.25) is 0 Å². The van der Waals surface area contributed by atoms with Crippen molar-refractivity contribution in [1.29, 1.82) is 0 Å². The van der Waals surface area contributed by atoms with Crippen LogP contribution in [0.4, 0.5) is 0 Å². The highest BCUT2D eigenvalue weighted by Crippen LogP contribution is 2.43. The number of carbonyl (C=O) groups is 3. The summed E-state index contributed by atoms with van der Waals surface area (Å²) in [4.78, 5) is 48.6. The molecular formula is C62H113O11P. The van der Waals surface area contributed by atoms with Crippen LogP contribution in [0.25, 0.3) is 0 Å². The summed E-state index contributed by atoms with van der Waals surface area (Å²) < 4.78 is 39.6. The fourth-order valence-electron chi connectivity index (χ4n) is 8.54. The molecule has 0 aliphatic heterocycles. The molecule has 0 aromatic rings. The normalized spacial score (nSPS) is 13.6. The molecule has 0 heterocycles. The molecule has 3 unspecified atom stereocenters. The van der Waals surface area contributed by atoms with Crippen molar-refractivity contribution < 1.29 is 52.2 Å². The molecule has 432 valence electrons. The van der Waals surface area contributed by atoms with Gasteiger partial charge in [0.2, 0.25) is 0 Å². The van der Waals surface area contributed by atoms with E-state index in [1.807, 2.05) is 0 Å². The zero-order valence-electron chi connectivity index (χ0n) is 47.8. The van der Waals surface area contributed by atoms with Crippen molar-refractivity contribution in [2.75, 3.05) is 26.4 Å². The summed E-state index contributed by atoms with van der Waals surface area (Å²) in [5, 5.41) is 9.83. The lowest BCUT2D eigenvalue weighted by molar-refractivity contribution is -0.161. The van der Waals surface area contributed by atoms with Gasteiger partial charge >= 0.3 is 25.7 Å². The Morgan fingerprint density at radius 3 is 1.05 bits per heavy atom. The molecule has 0 saturated heterocycles. The molecule has 0 spiro atoms. The number of rotatable bonds is 57. The maximum atomic E-state index is 12.9. The van der Waals surface area contributed by atoms with Crippen molar-refractivity contribution in [1.82, 2.24) is 0 Å². The molecule has 12 heteroatoms. The van der Waals surface area contributed by atoms with Gasteiger partial charge < -0.3 is 24.2 Å². The molecule has 2 N–H and O–H groups in total. The van der Waals surface area contributed by atoms with Gasteiger partial charge in [0, 0.05) is 19.3 Å². The largest absolute Gasteiger partial charge is 0.472 e. The Morgan fingerprint density at radius 2 is 0.662 bits per heavy atom. The number of ether oxygens (including phenoxy) is 3.